The SMILES string of the molecule is CCC(=O)Oc1c(Cl)cccc1OCc1cccc(Cl)c1. The maximum atomic E-state index is 11.5. The van der Waals surface area contributed by atoms with E-state index in [4.69, 9.17) is 32.7 Å². The Morgan fingerprint density at radius 1 is 1.14 bits per heavy atom. The standard InChI is InChI=1S/C16H14Cl2O3/c1-2-15(19)21-16-13(18)7-4-8-14(16)20-10-11-5-3-6-12(17)9-11/h3-9H,2,10H2,1H3. The summed E-state index contributed by atoms with van der Waals surface area (Å²) < 4.78 is 10.9. The Kier molecular flexibility index (Phi) is 5.48. The van der Waals surface area contributed by atoms with Crippen LogP contribution in [0.15, 0.2) is 42.5 Å². The molecule has 2 aromatic rings. The van der Waals surface area contributed by atoms with E-state index in [0.717, 1.165) is 5.56 Å². The molecule has 5 heteroatoms. The fourth-order valence-corrected chi connectivity index (χ4v) is 2.09. The molecular formula is C16H14Cl2O3. The first-order chi connectivity index (χ1) is 10.1. The van der Waals surface area contributed by atoms with Crippen LogP contribution in [0, 0.1) is 0 Å². The lowest BCUT2D eigenvalue weighted by Gasteiger charge is -2.12. The Balaban J connectivity index is 2.16. The van der Waals surface area contributed by atoms with E-state index >= 15 is 0 Å². The highest BCUT2D eigenvalue weighted by Crippen LogP contribution is 2.35. The van der Waals surface area contributed by atoms with Gasteiger partial charge in [-0.15, -0.1) is 0 Å². The molecule has 0 atom stereocenters. The molecule has 0 unspecified atom stereocenters. The number of hydrogen-bond acceptors (Lipinski definition) is 3. The van der Waals surface area contributed by atoms with E-state index < -0.39 is 0 Å². The molecule has 0 amide bonds. The van der Waals surface area contributed by atoms with Crippen molar-refractivity contribution in [2.45, 2.75) is 20.0 Å². The van der Waals surface area contributed by atoms with Crippen LogP contribution in [0.1, 0.15) is 18.9 Å². The summed E-state index contributed by atoms with van der Waals surface area (Å²) in [6.45, 7) is 2.02. The first-order valence-electron chi connectivity index (χ1n) is 6.46. The molecule has 3 nitrogen and oxygen atoms in total. The monoisotopic (exact) mass is 324 g/mol. The van der Waals surface area contributed by atoms with Gasteiger partial charge in [-0.1, -0.05) is 48.3 Å². The van der Waals surface area contributed by atoms with Crippen molar-refractivity contribution in [3.63, 3.8) is 0 Å². The fourth-order valence-electron chi connectivity index (χ4n) is 1.68. The van der Waals surface area contributed by atoms with Gasteiger partial charge >= 0.3 is 5.97 Å². The Morgan fingerprint density at radius 2 is 1.90 bits per heavy atom. The van der Waals surface area contributed by atoms with Crippen molar-refractivity contribution in [3.05, 3.63) is 58.1 Å². The highest BCUT2D eigenvalue weighted by atomic mass is 35.5. The quantitative estimate of drug-likeness (QED) is 0.580. The molecule has 0 heterocycles. The van der Waals surface area contributed by atoms with Gasteiger partial charge in [-0.3, -0.25) is 4.79 Å². The van der Waals surface area contributed by atoms with E-state index in [9.17, 15) is 4.79 Å². The molecular weight excluding hydrogens is 311 g/mol. The number of esters is 1. The smallest absolute Gasteiger partial charge is 0.311 e. The Labute approximate surface area is 133 Å². The van der Waals surface area contributed by atoms with Crippen molar-refractivity contribution in [1.82, 2.24) is 0 Å². The van der Waals surface area contributed by atoms with E-state index in [1.807, 2.05) is 18.2 Å². The van der Waals surface area contributed by atoms with Crippen LogP contribution in [-0.2, 0) is 11.4 Å². The van der Waals surface area contributed by atoms with Crippen LogP contribution in [0.5, 0.6) is 11.5 Å². The summed E-state index contributed by atoms with van der Waals surface area (Å²) >= 11 is 12.0. The summed E-state index contributed by atoms with van der Waals surface area (Å²) in [4.78, 5) is 11.5. The number of hydrogen-bond donors (Lipinski definition) is 0. The first kappa shape index (κ1) is 15.7. The third-order valence-electron chi connectivity index (χ3n) is 2.72. The molecule has 0 saturated heterocycles. The van der Waals surface area contributed by atoms with Crippen LogP contribution in [-0.4, -0.2) is 5.97 Å². The van der Waals surface area contributed by atoms with Gasteiger partial charge in [0.2, 0.25) is 0 Å². The molecule has 0 radical (unpaired) electrons. The van der Waals surface area contributed by atoms with E-state index in [1.165, 1.54) is 0 Å². The van der Waals surface area contributed by atoms with Crippen molar-refractivity contribution in [1.29, 1.82) is 0 Å². The minimum Gasteiger partial charge on any atom is -0.485 e. The van der Waals surface area contributed by atoms with Gasteiger partial charge in [-0.05, 0) is 29.8 Å². The second-order valence-corrected chi connectivity index (χ2v) is 5.16. The second kappa shape index (κ2) is 7.34. The molecule has 0 aromatic heterocycles. The number of para-hydroxylation sites is 1. The molecule has 21 heavy (non-hydrogen) atoms. The molecule has 0 fully saturated rings. The van der Waals surface area contributed by atoms with Gasteiger partial charge < -0.3 is 9.47 Å². The molecule has 0 spiro atoms. The normalized spacial score (nSPS) is 10.2. The fraction of sp³-hybridized carbons (Fsp3) is 0.188. The predicted octanol–water partition coefficient (Wildman–Crippen LogP) is 4.89. The lowest BCUT2D eigenvalue weighted by atomic mass is 10.2. The molecule has 110 valence electrons. The molecule has 2 aromatic carbocycles. The number of carbonyl (C=O) groups is 1. The molecule has 2 rings (SSSR count). The number of ether oxygens (including phenoxy) is 2. The third-order valence-corrected chi connectivity index (χ3v) is 3.25. The van der Waals surface area contributed by atoms with E-state index in [-0.39, 0.29) is 18.1 Å². The molecule has 0 aliphatic heterocycles. The zero-order valence-corrected chi connectivity index (χ0v) is 12.9. The van der Waals surface area contributed by atoms with Crippen LogP contribution < -0.4 is 9.47 Å². The van der Waals surface area contributed by atoms with Gasteiger partial charge in [0.15, 0.2) is 11.5 Å². The summed E-state index contributed by atoms with van der Waals surface area (Å²) in [7, 11) is 0. The molecule has 0 aliphatic carbocycles. The maximum Gasteiger partial charge on any atom is 0.311 e. The highest BCUT2D eigenvalue weighted by Gasteiger charge is 2.13. The average Bonchev–Trinajstić information content (AvgIpc) is 2.47. The number of rotatable bonds is 5. The number of halogens is 2. The van der Waals surface area contributed by atoms with Crippen LogP contribution in [0.3, 0.4) is 0 Å². The summed E-state index contributed by atoms with van der Waals surface area (Å²) in [5, 5.41) is 0.972. The van der Waals surface area contributed by atoms with Gasteiger partial charge in [0.05, 0.1) is 5.02 Å². The maximum absolute atomic E-state index is 11.5. The Bertz CT molecular complexity index is 641. The number of benzene rings is 2. The summed E-state index contributed by atoms with van der Waals surface area (Å²) in [6, 6.07) is 12.4. The van der Waals surface area contributed by atoms with Crippen molar-refractivity contribution in [3.8, 4) is 11.5 Å². The third kappa shape index (κ3) is 4.38. The van der Waals surface area contributed by atoms with Gasteiger partial charge in [-0.2, -0.15) is 0 Å². The van der Waals surface area contributed by atoms with Crippen molar-refractivity contribution in [2.75, 3.05) is 0 Å². The predicted molar refractivity (Wildman–Crippen MR) is 83.2 cm³/mol. The molecule has 0 bridgehead atoms. The first-order valence-corrected chi connectivity index (χ1v) is 7.22. The Hall–Kier alpha value is -1.71. The topological polar surface area (TPSA) is 35.5 Å². The van der Waals surface area contributed by atoms with E-state index in [1.54, 1.807) is 31.2 Å². The van der Waals surface area contributed by atoms with Gasteiger partial charge in [0.25, 0.3) is 0 Å². The molecule has 0 saturated carbocycles. The number of carbonyl (C=O) groups excluding carboxylic acids is 1. The van der Waals surface area contributed by atoms with Crippen LogP contribution in [0.2, 0.25) is 10.0 Å². The minimum atomic E-state index is -0.365. The zero-order chi connectivity index (χ0) is 15.2. The minimum absolute atomic E-state index is 0.244. The van der Waals surface area contributed by atoms with Gasteiger partial charge in [-0.25, -0.2) is 0 Å². The van der Waals surface area contributed by atoms with Crippen LogP contribution >= 0.6 is 23.2 Å². The average molecular weight is 325 g/mol. The van der Waals surface area contributed by atoms with Crippen molar-refractivity contribution >= 4 is 29.2 Å². The van der Waals surface area contributed by atoms with Crippen molar-refractivity contribution < 1.29 is 14.3 Å². The molecule has 0 N–H and O–H groups in total. The largest absolute Gasteiger partial charge is 0.485 e. The van der Waals surface area contributed by atoms with Crippen LogP contribution in [0.4, 0.5) is 0 Å². The van der Waals surface area contributed by atoms with E-state index in [2.05, 4.69) is 0 Å². The van der Waals surface area contributed by atoms with Gasteiger partial charge in [0, 0.05) is 11.4 Å². The summed E-state index contributed by atoms with van der Waals surface area (Å²) in [5.74, 6) is 0.299. The second-order valence-electron chi connectivity index (χ2n) is 4.31. The van der Waals surface area contributed by atoms with Crippen LogP contribution in [0.25, 0.3) is 0 Å². The zero-order valence-electron chi connectivity index (χ0n) is 11.4. The lowest BCUT2D eigenvalue weighted by Crippen LogP contribution is -2.07. The molecule has 0 aliphatic rings. The lowest BCUT2D eigenvalue weighted by molar-refractivity contribution is -0.134. The van der Waals surface area contributed by atoms with Crippen molar-refractivity contribution in [2.24, 2.45) is 0 Å². The summed E-state index contributed by atoms with van der Waals surface area (Å²) in [5.41, 5.74) is 0.912. The summed E-state index contributed by atoms with van der Waals surface area (Å²) in [6.07, 6.45) is 0.263. The highest BCUT2D eigenvalue weighted by molar-refractivity contribution is 6.32. The Morgan fingerprint density at radius 3 is 2.62 bits per heavy atom. The van der Waals surface area contributed by atoms with E-state index in [0.29, 0.717) is 22.4 Å². The van der Waals surface area contributed by atoms with Gasteiger partial charge in [0.1, 0.15) is 6.61 Å².